The summed E-state index contributed by atoms with van der Waals surface area (Å²) in [7, 11) is 1.89. The van der Waals surface area contributed by atoms with Gasteiger partial charge in [-0.3, -0.25) is 4.79 Å². The molecule has 1 N–H and O–H groups in total. The van der Waals surface area contributed by atoms with E-state index in [0.717, 1.165) is 19.4 Å². The van der Waals surface area contributed by atoms with Gasteiger partial charge in [0.15, 0.2) is 0 Å². The molecule has 1 fully saturated rings. The molecule has 1 saturated heterocycles. The number of hydrogen-bond donors (Lipinski definition) is 1. The summed E-state index contributed by atoms with van der Waals surface area (Å²) in [4.78, 5) is 14.4. The summed E-state index contributed by atoms with van der Waals surface area (Å²) in [5, 5.41) is 3.21. The normalized spacial score (nSPS) is 19.1. The fourth-order valence-electron chi connectivity index (χ4n) is 2.68. The topological polar surface area (TPSA) is 41.6 Å². The van der Waals surface area contributed by atoms with Crippen LogP contribution in [0.5, 0.6) is 0 Å². The molecule has 0 radical (unpaired) electrons. The highest BCUT2D eigenvalue weighted by Crippen LogP contribution is 2.14. The monoisotopic (exact) mass is 326 g/mol. The number of carbonyl (C=O) groups excluding carboxylic acids is 1. The molecule has 0 saturated carbocycles. The van der Waals surface area contributed by atoms with Crippen LogP contribution in [0.4, 0.5) is 0 Å². The summed E-state index contributed by atoms with van der Waals surface area (Å²) >= 11 is 0. The Bertz CT molecular complexity index is 458. The van der Waals surface area contributed by atoms with Crippen LogP contribution in [0, 0.1) is 6.92 Å². The van der Waals surface area contributed by atoms with E-state index in [0.29, 0.717) is 13.2 Å². The molecule has 2 unspecified atom stereocenters. The number of likely N-dealkylation sites (N-methyl/N-ethyl adjacent to an activating group) is 1. The van der Waals surface area contributed by atoms with Crippen LogP contribution >= 0.6 is 12.4 Å². The lowest BCUT2D eigenvalue weighted by atomic mass is 10.0. The first-order chi connectivity index (χ1) is 10.1. The van der Waals surface area contributed by atoms with Gasteiger partial charge in [-0.15, -0.1) is 12.4 Å². The van der Waals surface area contributed by atoms with Gasteiger partial charge < -0.3 is 15.0 Å². The Morgan fingerprint density at radius 3 is 2.64 bits per heavy atom. The number of hydrogen-bond acceptors (Lipinski definition) is 3. The minimum Gasteiger partial charge on any atom is -0.366 e. The predicted octanol–water partition coefficient (Wildman–Crippen LogP) is 2.18. The van der Waals surface area contributed by atoms with Crippen molar-refractivity contribution in [2.75, 3.05) is 26.7 Å². The molecule has 1 aromatic carbocycles. The maximum atomic E-state index is 12.5. The van der Waals surface area contributed by atoms with Gasteiger partial charge in [0.25, 0.3) is 5.91 Å². The molecule has 0 aliphatic carbocycles. The molecule has 1 heterocycles. The molecule has 124 valence electrons. The van der Waals surface area contributed by atoms with Crippen LogP contribution in [0.15, 0.2) is 24.3 Å². The molecule has 0 aromatic heterocycles. The SMILES string of the molecule is CCC(Cc1ccc(C)cc1)N(C)C(=O)C1CNCCO1.Cl. The lowest BCUT2D eigenvalue weighted by molar-refractivity contribution is -0.146. The summed E-state index contributed by atoms with van der Waals surface area (Å²) in [5.41, 5.74) is 2.53. The number of aryl methyl sites for hydroxylation is 1. The number of nitrogens with zero attached hydrogens (tertiary/aromatic N) is 1. The summed E-state index contributed by atoms with van der Waals surface area (Å²) in [6.45, 7) is 6.27. The Labute approximate surface area is 139 Å². The van der Waals surface area contributed by atoms with E-state index in [-0.39, 0.29) is 30.5 Å². The average Bonchev–Trinajstić information content (AvgIpc) is 2.54. The van der Waals surface area contributed by atoms with Gasteiger partial charge in [0.2, 0.25) is 0 Å². The maximum absolute atomic E-state index is 12.5. The molecule has 22 heavy (non-hydrogen) atoms. The number of ether oxygens (including phenoxy) is 1. The molecule has 0 bridgehead atoms. The van der Waals surface area contributed by atoms with Crippen LogP contribution in [0.3, 0.4) is 0 Å². The van der Waals surface area contributed by atoms with E-state index in [4.69, 9.17) is 4.74 Å². The van der Waals surface area contributed by atoms with E-state index in [1.807, 2.05) is 11.9 Å². The zero-order valence-electron chi connectivity index (χ0n) is 13.7. The van der Waals surface area contributed by atoms with Gasteiger partial charge in [-0.05, 0) is 25.3 Å². The number of rotatable bonds is 5. The largest absolute Gasteiger partial charge is 0.366 e. The zero-order valence-corrected chi connectivity index (χ0v) is 14.5. The minimum absolute atomic E-state index is 0. The molecule has 1 aliphatic heterocycles. The zero-order chi connectivity index (χ0) is 15.2. The highest BCUT2D eigenvalue weighted by atomic mass is 35.5. The van der Waals surface area contributed by atoms with Crippen LogP contribution < -0.4 is 5.32 Å². The minimum atomic E-state index is -0.337. The quantitative estimate of drug-likeness (QED) is 0.902. The number of halogens is 1. The first-order valence-electron chi connectivity index (χ1n) is 7.76. The first kappa shape index (κ1) is 18.9. The fraction of sp³-hybridized carbons (Fsp3) is 0.588. The Morgan fingerprint density at radius 1 is 1.41 bits per heavy atom. The van der Waals surface area contributed by atoms with Gasteiger partial charge in [0.1, 0.15) is 6.10 Å². The van der Waals surface area contributed by atoms with E-state index in [9.17, 15) is 4.79 Å². The smallest absolute Gasteiger partial charge is 0.253 e. The van der Waals surface area contributed by atoms with Crippen molar-refractivity contribution in [3.8, 4) is 0 Å². The average molecular weight is 327 g/mol. The second-order valence-corrected chi connectivity index (χ2v) is 5.76. The lowest BCUT2D eigenvalue weighted by Crippen LogP contribution is -2.51. The highest BCUT2D eigenvalue weighted by molar-refractivity contribution is 5.85. The second kappa shape index (κ2) is 9.13. The second-order valence-electron chi connectivity index (χ2n) is 5.76. The Morgan fingerprint density at radius 2 is 2.09 bits per heavy atom. The highest BCUT2D eigenvalue weighted by Gasteiger charge is 2.28. The van der Waals surface area contributed by atoms with Gasteiger partial charge in [-0.2, -0.15) is 0 Å². The van der Waals surface area contributed by atoms with Gasteiger partial charge in [0.05, 0.1) is 6.61 Å². The van der Waals surface area contributed by atoms with Gasteiger partial charge in [-0.1, -0.05) is 36.8 Å². The van der Waals surface area contributed by atoms with Crippen LogP contribution in [0.25, 0.3) is 0 Å². The summed E-state index contributed by atoms with van der Waals surface area (Å²) < 4.78 is 5.57. The van der Waals surface area contributed by atoms with Crippen molar-refractivity contribution in [1.29, 1.82) is 0 Å². The third-order valence-corrected chi connectivity index (χ3v) is 4.16. The van der Waals surface area contributed by atoms with E-state index in [1.54, 1.807) is 0 Å². The molecular weight excluding hydrogens is 300 g/mol. The van der Waals surface area contributed by atoms with E-state index >= 15 is 0 Å². The first-order valence-corrected chi connectivity index (χ1v) is 7.76. The summed E-state index contributed by atoms with van der Waals surface area (Å²) in [6.07, 6.45) is 1.49. The number of amides is 1. The van der Waals surface area contributed by atoms with Crippen molar-refractivity contribution >= 4 is 18.3 Å². The number of morpholine rings is 1. The molecule has 0 spiro atoms. The van der Waals surface area contributed by atoms with E-state index in [1.165, 1.54) is 11.1 Å². The summed E-state index contributed by atoms with van der Waals surface area (Å²) in [5.74, 6) is 0.0844. The van der Waals surface area contributed by atoms with Crippen molar-refractivity contribution in [3.63, 3.8) is 0 Å². The van der Waals surface area contributed by atoms with Gasteiger partial charge in [-0.25, -0.2) is 0 Å². The Kier molecular flexibility index (Phi) is 7.87. The summed E-state index contributed by atoms with van der Waals surface area (Å²) in [6, 6.07) is 8.76. The molecular formula is C17H27ClN2O2. The van der Waals surface area contributed by atoms with E-state index < -0.39 is 0 Å². The fourth-order valence-corrected chi connectivity index (χ4v) is 2.68. The van der Waals surface area contributed by atoms with Crippen molar-refractivity contribution < 1.29 is 9.53 Å². The van der Waals surface area contributed by atoms with Crippen LogP contribution in [-0.2, 0) is 16.0 Å². The van der Waals surface area contributed by atoms with E-state index in [2.05, 4.69) is 43.4 Å². The van der Waals surface area contributed by atoms with Gasteiger partial charge in [0, 0.05) is 26.2 Å². The number of carbonyl (C=O) groups is 1. The standard InChI is InChI=1S/C17H26N2O2.ClH/c1-4-15(11-14-7-5-13(2)6-8-14)19(3)17(20)16-12-18-9-10-21-16;/h5-8,15-16,18H,4,9-12H2,1-3H3;1H. The van der Waals surface area contributed by atoms with Gasteiger partial charge >= 0.3 is 0 Å². The third-order valence-electron chi connectivity index (χ3n) is 4.16. The Balaban J connectivity index is 0.00000242. The molecule has 2 atom stereocenters. The molecule has 2 rings (SSSR count). The molecule has 1 aromatic rings. The Hall–Kier alpha value is -1.10. The maximum Gasteiger partial charge on any atom is 0.253 e. The van der Waals surface area contributed by atoms with Crippen LogP contribution in [-0.4, -0.2) is 49.7 Å². The molecule has 4 nitrogen and oxygen atoms in total. The lowest BCUT2D eigenvalue weighted by Gasteiger charge is -2.32. The number of nitrogens with one attached hydrogen (secondary N) is 1. The van der Waals surface area contributed by atoms with Crippen molar-refractivity contribution in [2.45, 2.75) is 38.8 Å². The number of benzene rings is 1. The molecule has 5 heteroatoms. The van der Waals surface area contributed by atoms with Crippen molar-refractivity contribution in [1.82, 2.24) is 10.2 Å². The molecule has 1 amide bonds. The molecule has 1 aliphatic rings. The van der Waals surface area contributed by atoms with Crippen molar-refractivity contribution in [3.05, 3.63) is 35.4 Å². The van der Waals surface area contributed by atoms with Crippen LogP contribution in [0.2, 0.25) is 0 Å². The van der Waals surface area contributed by atoms with Crippen molar-refractivity contribution in [2.24, 2.45) is 0 Å². The third kappa shape index (κ3) is 4.97. The predicted molar refractivity (Wildman–Crippen MR) is 91.6 cm³/mol. The van der Waals surface area contributed by atoms with Crippen LogP contribution in [0.1, 0.15) is 24.5 Å².